The normalized spacial score (nSPS) is 14.4. The summed E-state index contributed by atoms with van der Waals surface area (Å²) >= 11 is 1.32. The molecule has 3 aromatic rings. The first-order valence-electron chi connectivity index (χ1n) is 11.5. The zero-order chi connectivity index (χ0) is 26.5. The van der Waals surface area contributed by atoms with E-state index in [1.807, 2.05) is 24.3 Å². The summed E-state index contributed by atoms with van der Waals surface area (Å²) in [6.07, 6.45) is 0.224. The van der Waals surface area contributed by atoms with Crippen LogP contribution in [-0.2, 0) is 14.3 Å². The third-order valence-electron chi connectivity index (χ3n) is 5.78. The molecule has 1 atom stereocenters. The molecule has 10 nitrogen and oxygen atoms in total. The van der Waals surface area contributed by atoms with Crippen LogP contribution >= 0.6 is 11.8 Å². The lowest BCUT2D eigenvalue weighted by Crippen LogP contribution is -2.31. The predicted octanol–water partition coefficient (Wildman–Crippen LogP) is 4.07. The van der Waals surface area contributed by atoms with Gasteiger partial charge in [0.1, 0.15) is 11.8 Å². The van der Waals surface area contributed by atoms with E-state index in [-0.39, 0.29) is 24.1 Å². The molecule has 1 aliphatic rings. The van der Waals surface area contributed by atoms with Gasteiger partial charge in [0, 0.05) is 22.7 Å². The molecule has 0 fully saturated rings. The van der Waals surface area contributed by atoms with Gasteiger partial charge < -0.3 is 20.1 Å². The molecular weight excluding hydrogens is 494 g/mol. The number of rotatable bonds is 9. The highest BCUT2D eigenvalue weighted by atomic mass is 32.2. The first-order chi connectivity index (χ1) is 17.8. The monoisotopic (exact) mass is 521 g/mol. The number of nitrogens with one attached hydrogen (secondary N) is 2. The number of fused-ring (bicyclic) bond motifs is 1. The minimum Gasteiger partial charge on any atom is -0.497 e. The smallest absolute Gasteiger partial charge is 0.306 e. The molecule has 2 N–H and O–H groups in total. The summed E-state index contributed by atoms with van der Waals surface area (Å²) in [6.45, 7) is 3.28. The average Bonchev–Trinajstić information content (AvgIpc) is 3.29. The molecule has 1 aromatic heterocycles. The summed E-state index contributed by atoms with van der Waals surface area (Å²) in [5.41, 5.74) is 2.83. The van der Waals surface area contributed by atoms with Crippen LogP contribution in [0.1, 0.15) is 42.2 Å². The van der Waals surface area contributed by atoms with Crippen LogP contribution in [-0.4, -0.2) is 52.4 Å². The Kier molecular flexibility index (Phi) is 7.92. The van der Waals surface area contributed by atoms with Crippen molar-refractivity contribution in [2.45, 2.75) is 31.5 Å². The third kappa shape index (κ3) is 5.83. The van der Waals surface area contributed by atoms with Crippen molar-refractivity contribution in [3.8, 4) is 5.75 Å². The van der Waals surface area contributed by atoms with Crippen LogP contribution in [0.3, 0.4) is 0 Å². The minimum absolute atomic E-state index is 0.0930. The summed E-state index contributed by atoms with van der Waals surface area (Å²) in [5, 5.41) is 11.2. The number of nitrogens with zero attached hydrogens (tertiary/aromatic N) is 3. The molecule has 1 unspecified atom stereocenters. The van der Waals surface area contributed by atoms with Crippen LogP contribution in [0.4, 0.5) is 11.6 Å². The summed E-state index contributed by atoms with van der Waals surface area (Å²) in [4.78, 5) is 41.5. The highest BCUT2D eigenvalue weighted by molar-refractivity contribution is 7.99. The maximum absolute atomic E-state index is 13.7. The Morgan fingerprint density at radius 2 is 1.92 bits per heavy atom. The lowest BCUT2D eigenvalue weighted by molar-refractivity contribution is -0.140. The predicted molar refractivity (Wildman–Crippen MR) is 140 cm³/mol. The van der Waals surface area contributed by atoms with E-state index in [1.54, 1.807) is 43.0 Å². The number of hydrogen-bond donors (Lipinski definition) is 2. The molecule has 2 aromatic carbocycles. The largest absolute Gasteiger partial charge is 0.497 e. The number of Topliss-reactive ketones (excluding diaryl/α,β-unsaturated/α-hetero) is 1. The Balaban J connectivity index is 1.70. The quantitative estimate of drug-likeness (QED) is 0.243. The second-order valence-electron chi connectivity index (χ2n) is 8.27. The SMILES string of the molecule is COC(=O)CCSc1nc2n(n1)C(c1cccc(OC)c1)C(C(=O)Nc1cccc(C(C)=O)c1)=C(C)N2. The van der Waals surface area contributed by atoms with E-state index in [2.05, 4.69) is 20.7 Å². The molecule has 0 bridgehead atoms. The number of esters is 1. The molecule has 37 heavy (non-hydrogen) atoms. The summed E-state index contributed by atoms with van der Waals surface area (Å²) in [5.74, 6) is 0.808. The molecule has 0 spiro atoms. The first-order valence-corrected chi connectivity index (χ1v) is 12.5. The molecule has 11 heteroatoms. The average molecular weight is 522 g/mol. The number of carbonyl (C=O) groups excluding carboxylic acids is 3. The molecule has 0 saturated heterocycles. The highest BCUT2D eigenvalue weighted by Crippen LogP contribution is 2.37. The fourth-order valence-electron chi connectivity index (χ4n) is 3.95. The van der Waals surface area contributed by atoms with E-state index in [1.165, 1.54) is 25.8 Å². The van der Waals surface area contributed by atoms with Gasteiger partial charge in [-0.25, -0.2) is 4.68 Å². The van der Waals surface area contributed by atoms with E-state index in [0.29, 0.717) is 45.1 Å². The lowest BCUT2D eigenvalue weighted by Gasteiger charge is -2.29. The van der Waals surface area contributed by atoms with Gasteiger partial charge in [0.05, 0.1) is 26.2 Å². The van der Waals surface area contributed by atoms with Crippen LogP contribution in [0.15, 0.2) is 65.0 Å². The second kappa shape index (κ2) is 11.3. The van der Waals surface area contributed by atoms with Crippen molar-refractivity contribution in [1.82, 2.24) is 14.8 Å². The number of allylic oxidation sites excluding steroid dienone is 1. The number of ether oxygens (including phenoxy) is 2. The zero-order valence-corrected chi connectivity index (χ0v) is 21.7. The molecule has 0 aliphatic carbocycles. The second-order valence-corrected chi connectivity index (χ2v) is 9.33. The zero-order valence-electron chi connectivity index (χ0n) is 20.9. The van der Waals surface area contributed by atoms with E-state index in [4.69, 9.17) is 9.47 Å². The fourth-order valence-corrected chi connectivity index (χ4v) is 4.70. The maximum Gasteiger partial charge on any atom is 0.306 e. The summed E-state index contributed by atoms with van der Waals surface area (Å²) < 4.78 is 11.8. The van der Waals surface area contributed by atoms with Crippen LogP contribution in [0, 0.1) is 0 Å². The molecule has 1 amide bonds. The van der Waals surface area contributed by atoms with Crippen molar-refractivity contribution >= 4 is 41.1 Å². The maximum atomic E-state index is 13.7. The summed E-state index contributed by atoms with van der Waals surface area (Å²) in [6, 6.07) is 13.6. The van der Waals surface area contributed by atoms with E-state index in [0.717, 1.165) is 5.56 Å². The fraction of sp³-hybridized carbons (Fsp3) is 0.269. The molecule has 4 rings (SSSR count). The van der Waals surface area contributed by atoms with Gasteiger partial charge in [-0.1, -0.05) is 36.0 Å². The van der Waals surface area contributed by atoms with Crippen LogP contribution in [0.5, 0.6) is 5.75 Å². The number of anilines is 2. The molecule has 1 aliphatic heterocycles. The van der Waals surface area contributed by atoms with Gasteiger partial charge in [-0.3, -0.25) is 14.4 Å². The van der Waals surface area contributed by atoms with Gasteiger partial charge in [0.25, 0.3) is 5.91 Å². The van der Waals surface area contributed by atoms with Crippen molar-refractivity contribution < 1.29 is 23.9 Å². The van der Waals surface area contributed by atoms with Gasteiger partial charge in [-0.05, 0) is 43.7 Å². The van der Waals surface area contributed by atoms with E-state index in [9.17, 15) is 14.4 Å². The van der Waals surface area contributed by atoms with Crippen LogP contribution in [0.25, 0.3) is 0 Å². The molecule has 192 valence electrons. The minimum atomic E-state index is -0.607. The molecule has 0 saturated carbocycles. The number of thioether (sulfide) groups is 1. The first kappa shape index (κ1) is 26.0. The Morgan fingerprint density at radius 3 is 2.65 bits per heavy atom. The lowest BCUT2D eigenvalue weighted by atomic mass is 9.94. The van der Waals surface area contributed by atoms with Crippen molar-refractivity contribution in [3.05, 3.63) is 70.9 Å². The number of amides is 1. The van der Waals surface area contributed by atoms with Crippen molar-refractivity contribution in [3.63, 3.8) is 0 Å². The van der Waals surface area contributed by atoms with E-state index >= 15 is 0 Å². The number of carbonyl (C=O) groups is 3. The van der Waals surface area contributed by atoms with Crippen molar-refractivity contribution in [2.75, 3.05) is 30.6 Å². The third-order valence-corrected chi connectivity index (χ3v) is 6.62. The van der Waals surface area contributed by atoms with Crippen molar-refractivity contribution in [1.29, 1.82) is 0 Å². The number of methoxy groups -OCH3 is 2. The Morgan fingerprint density at radius 1 is 1.14 bits per heavy atom. The van der Waals surface area contributed by atoms with Gasteiger partial charge in [-0.2, -0.15) is 4.98 Å². The van der Waals surface area contributed by atoms with Crippen LogP contribution in [0.2, 0.25) is 0 Å². The summed E-state index contributed by atoms with van der Waals surface area (Å²) in [7, 11) is 2.93. The van der Waals surface area contributed by atoms with Gasteiger partial charge in [0.15, 0.2) is 5.78 Å². The number of hydrogen-bond acceptors (Lipinski definition) is 9. The number of benzene rings is 2. The molecule has 2 heterocycles. The molecule has 0 radical (unpaired) electrons. The standard InChI is InChI=1S/C26H27N5O5S/c1-15-22(24(34)28-19-9-5-7-17(13-19)16(2)32)23(18-8-6-10-20(14-18)35-3)31-25(27-15)29-26(30-31)37-12-11-21(33)36-4/h5-10,13-14,23H,11-12H2,1-4H3,(H,28,34)(H,27,29,30). The Hall–Kier alpha value is -4.12. The number of aromatic nitrogens is 3. The number of ketones is 1. The molecular formula is C26H27N5O5S. The topological polar surface area (TPSA) is 124 Å². The highest BCUT2D eigenvalue weighted by Gasteiger charge is 2.34. The van der Waals surface area contributed by atoms with Crippen molar-refractivity contribution in [2.24, 2.45) is 0 Å². The van der Waals surface area contributed by atoms with Gasteiger partial charge in [-0.15, -0.1) is 5.10 Å². The Bertz CT molecular complexity index is 1380. The van der Waals surface area contributed by atoms with E-state index < -0.39 is 6.04 Å². The van der Waals surface area contributed by atoms with Gasteiger partial charge in [0.2, 0.25) is 11.1 Å². The Labute approximate surface area is 218 Å². The van der Waals surface area contributed by atoms with Crippen LogP contribution < -0.4 is 15.4 Å². The van der Waals surface area contributed by atoms with Gasteiger partial charge >= 0.3 is 5.97 Å².